The second kappa shape index (κ2) is 7.37. The Hall–Kier alpha value is -3.19. The summed E-state index contributed by atoms with van der Waals surface area (Å²) in [5.74, 6) is -0.461. The first-order valence-corrected chi connectivity index (χ1v) is 8.36. The molecule has 2 aromatic heterocycles. The third kappa shape index (κ3) is 3.04. The monoisotopic (exact) mass is 351 g/mol. The van der Waals surface area contributed by atoms with Crippen LogP contribution >= 0.6 is 0 Å². The highest BCUT2D eigenvalue weighted by Gasteiger charge is 2.23. The average Bonchev–Trinajstić information content (AvgIpc) is 2.65. The zero-order valence-electron chi connectivity index (χ0n) is 14.7. The summed E-state index contributed by atoms with van der Waals surface area (Å²) in [5.41, 5.74) is 7.47. The topological polar surface area (TPSA) is 102 Å². The first kappa shape index (κ1) is 17.6. The third-order valence-electron chi connectivity index (χ3n) is 4.08. The smallest absolute Gasteiger partial charge is 0.271 e. The van der Waals surface area contributed by atoms with E-state index < -0.39 is 11.5 Å². The number of benzene rings is 1. The van der Waals surface area contributed by atoms with E-state index in [1.54, 1.807) is 7.05 Å². The molecule has 0 radical (unpaired) electrons. The molecule has 1 amide bonds. The van der Waals surface area contributed by atoms with Crippen molar-refractivity contribution in [1.29, 1.82) is 0 Å². The fourth-order valence-electron chi connectivity index (χ4n) is 2.92. The van der Waals surface area contributed by atoms with Gasteiger partial charge in [0.05, 0.1) is 11.4 Å². The number of aryl methyl sites for hydroxylation is 1. The molecule has 26 heavy (non-hydrogen) atoms. The number of carbonyl (C=O) groups is 1. The van der Waals surface area contributed by atoms with Gasteiger partial charge in [0.1, 0.15) is 11.2 Å². The molecule has 7 heteroatoms. The van der Waals surface area contributed by atoms with Crippen molar-refractivity contribution >= 4 is 22.6 Å². The number of anilines is 1. The predicted molar refractivity (Wildman–Crippen MR) is 103 cm³/mol. The van der Waals surface area contributed by atoms with Gasteiger partial charge in [-0.1, -0.05) is 18.2 Å². The van der Waals surface area contributed by atoms with Crippen LogP contribution in [0.5, 0.6) is 0 Å². The van der Waals surface area contributed by atoms with Gasteiger partial charge in [0.15, 0.2) is 0 Å². The average molecular weight is 351 g/mol. The largest absolute Gasteiger partial charge is 0.387 e. The summed E-state index contributed by atoms with van der Waals surface area (Å²) in [5, 5.41) is 6.36. The van der Waals surface area contributed by atoms with Gasteiger partial charge in [0, 0.05) is 31.2 Å². The Morgan fingerprint density at radius 2 is 1.92 bits per heavy atom. The SMILES string of the molecule is CNc1c(C(=O)NCCN)c(=O)n(-c2ccccc2)c2nc(C)ccc12. The molecule has 0 saturated carbocycles. The molecule has 0 aliphatic heterocycles. The van der Waals surface area contributed by atoms with Crippen LogP contribution in [-0.4, -0.2) is 35.6 Å². The minimum atomic E-state index is -0.461. The second-order valence-corrected chi connectivity index (χ2v) is 5.84. The Balaban J connectivity index is 2.41. The first-order chi connectivity index (χ1) is 12.6. The van der Waals surface area contributed by atoms with Crippen LogP contribution in [0.4, 0.5) is 5.69 Å². The molecule has 0 saturated heterocycles. The van der Waals surface area contributed by atoms with Crippen molar-refractivity contribution in [2.45, 2.75) is 6.92 Å². The first-order valence-electron chi connectivity index (χ1n) is 8.36. The van der Waals surface area contributed by atoms with E-state index in [9.17, 15) is 9.59 Å². The molecule has 0 aliphatic rings. The predicted octanol–water partition coefficient (Wildman–Crippen LogP) is 1.42. The van der Waals surface area contributed by atoms with Gasteiger partial charge < -0.3 is 16.4 Å². The molecule has 134 valence electrons. The van der Waals surface area contributed by atoms with Crippen LogP contribution in [0.1, 0.15) is 16.1 Å². The molecule has 0 unspecified atom stereocenters. The van der Waals surface area contributed by atoms with Crippen molar-refractivity contribution in [3.05, 3.63) is 64.1 Å². The van der Waals surface area contributed by atoms with E-state index in [0.717, 1.165) is 5.69 Å². The quantitative estimate of drug-likeness (QED) is 0.645. The number of carbonyl (C=O) groups excluding carboxylic acids is 1. The van der Waals surface area contributed by atoms with E-state index in [2.05, 4.69) is 15.6 Å². The number of nitrogens with two attached hydrogens (primary N) is 1. The van der Waals surface area contributed by atoms with Crippen molar-refractivity contribution in [2.75, 3.05) is 25.5 Å². The fraction of sp³-hybridized carbons (Fsp3) is 0.211. The zero-order chi connectivity index (χ0) is 18.7. The van der Waals surface area contributed by atoms with Gasteiger partial charge in [-0.15, -0.1) is 0 Å². The number of rotatable bonds is 5. The molecule has 0 bridgehead atoms. The summed E-state index contributed by atoms with van der Waals surface area (Å²) in [6, 6.07) is 12.9. The maximum absolute atomic E-state index is 13.3. The van der Waals surface area contributed by atoms with Gasteiger partial charge in [0.25, 0.3) is 11.5 Å². The highest BCUT2D eigenvalue weighted by molar-refractivity contribution is 6.06. The number of hydrogen-bond donors (Lipinski definition) is 3. The number of nitrogens with one attached hydrogen (secondary N) is 2. The van der Waals surface area contributed by atoms with Gasteiger partial charge in [0.2, 0.25) is 0 Å². The minimum absolute atomic E-state index is 0.0444. The van der Waals surface area contributed by atoms with Crippen LogP contribution in [0, 0.1) is 6.92 Å². The summed E-state index contributed by atoms with van der Waals surface area (Å²) in [6.45, 7) is 2.44. The number of amides is 1. The number of para-hydroxylation sites is 1. The highest BCUT2D eigenvalue weighted by atomic mass is 16.2. The van der Waals surface area contributed by atoms with E-state index in [-0.39, 0.29) is 12.1 Å². The van der Waals surface area contributed by atoms with Gasteiger partial charge in [-0.25, -0.2) is 4.98 Å². The van der Waals surface area contributed by atoms with E-state index >= 15 is 0 Å². The highest BCUT2D eigenvalue weighted by Crippen LogP contribution is 2.26. The summed E-state index contributed by atoms with van der Waals surface area (Å²) in [7, 11) is 1.68. The number of hydrogen-bond acceptors (Lipinski definition) is 5. The third-order valence-corrected chi connectivity index (χ3v) is 4.08. The zero-order valence-corrected chi connectivity index (χ0v) is 14.7. The molecule has 0 fully saturated rings. The molecule has 2 heterocycles. The molecule has 7 nitrogen and oxygen atoms in total. The van der Waals surface area contributed by atoms with Crippen molar-refractivity contribution in [2.24, 2.45) is 5.73 Å². The Kier molecular flexibility index (Phi) is 4.99. The van der Waals surface area contributed by atoms with Crippen LogP contribution in [0.15, 0.2) is 47.3 Å². The lowest BCUT2D eigenvalue weighted by atomic mass is 10.1. The maximum atomic E-state index is 13.3. The summed E-state index contributed by atoms with van der Waals surface area (Å²) in [4.78, 5) is 30.5. The van der Waals surface area contributed by atoms with Crippen molar-refractivity contribution < 1.29 is 4.79 Å². The lowest BCUT2D eigenvalue weighted by molar-refractivity contribution is 0.0954. The van der Waals surface area contributed by atoms with Crippen LogP contribution in [0.3, 0.4) is 0 Å². The lowest BCUT2D eigenvalue weighted by Crippen LogP contribution is -2.36. The minimum Gasteiger partial charge on any atom is -0.387 e. The van der Waals surface area contributed by atoms with Crippen LogP contribution in [0.25, 0.3) is 16.7 Å². The molecule has 0 aliphatic carbocycles. The molecule has 4 N–H and O–H groups in total. The molecular weight excluding hydrogens is 330 g/mol. The summed E-state index contributed by atoms with van der Waals surface area (Å²) < 4.78 is 1.47. The second-order valence-electron chi connectivity index (χ2n) is 5.84. The number of nitrogens with zero attached hydrogens (tertiary/aromatic N) is 2. The maximum Gasteiger partial charge on any atom is 0.271 e. The Morgan fingerprint density at radius 1 is 1.19 bits per heavy atom. The Morgan fingerprint density at radius 3 is 2.58 bits per heavy atom. The number of pyridine rings is 2. The molecular formula is C19H21N5O2. The Bertz CT molecular complexity index is 1010. The van der Waals surface area contributed by atoms with Crippen LogP contribution in [-0.2, 0) is 0 Å². The van der Waals surface area contributed by atoms with Crippen LogP contribution in [0.2, 0.25) is 0 Å². The normalized spacial score (nSPS) is 10.7. The van der Waals surface area contributed by atoms with E-state index in [1.165, 1.54) is 4.57 Å². The van der Waals surface area contributed by atoms with Crippen molar-refractivity contribution in [3.63, 3.8) is 0 Å². The molecule has 3 aromatic rings. The molecule has 1 aromatic carbocycles. The summed E-state index contributed by atoms with van der Waals surface area (Å²) >= 11 is 0. The van der Waals surface area contributed by atoms with Gasteiger partial charge in [-0.3, -0.25) is 14.2 Å². The molecule has 0 atom stereocenters. The molecule has 3 rings (SSSR count). The number of fused-ring (bicyclic) bond motifs is 1. The van der Waals surface area contributed by atoms with E-state index in [4.69, 9.17) is 5.73 Å². The van der Waals surface area contributed by atoms with Crippen LogP contribution < -0.4 is 21.9 Å². The van der Waals surface area contributed by atoms with E-state index in [1.807, 2.05) is 49.4 Å². The summed E-state index contributed by atoms with van der Waals surface area (Å²) in [6.07, 6.45) is 0. The number of aromatic nitrogens is 2. The Labute approximate surface area is 150 Å². The van der Waals surface area contributed by atoms with Gasteiger partial charge in [-0.2, -0.15) is 0 Å². The fourth-order valence-corrected chi connectivity index (χ4v) is 2.92. The molecule has 0 spiro atoms. The van der Waals surface area contributed by atoms with Gasteiger partial charge >= 0.3 is 0 Å². The van der Waals surface area contributed by atoms with E-state index in [0.29, 0.717) is 29.0 Å². The van der Waals surface area contributed by atoms with Gasteiger partial charge in [-0.05, 0) is 31.2 Å². The van der Waals surface area contributed by atoms with Crippen molar-refractivity contribution in [1.82, 2.24) is 14.9 Å². The van der Waals surface area contributed by atoms with Crippen molar-refractivity contribution in [3.8, 4) is 5.69 Å². The standard InChI is InChI=1S/C19H21N5O2/c1-12-8-9-14-16(21-2)15(18(25)22-11-10-20)19(26)24(17(14)23-12)13-6-4-3-5-7-13/h3-9,21H,10-11,20H2,1-2H3,(H,22,25). The lowest BCUT2D eigenvalue weighted by Gasteiger charge is -2.17.